The molecule has 0 aliphatic heterocycles. The maximum Gasteiger partial charge on any atom is 0.238 e. The van der Waals surface area contributed by atoms with Gasteiger partial charge in [0.2, 0.25) is 15.9 Å². The summed E-state index contributed by atoms with van der Waals surface area (Å²) in [5.74, 6) is 0.727. The van der Waals surface area contributed by atoms with Crippen molar-refractivity contribution in [2.24, 2.45) is 5.14 Å². The van der Waals surface area contributed by atoms with E-state index in [0.717, 1.165) is 5.56 Å². The second-order valence-corrected chi connectivity index (χ2v) is 7.19. The molecule has 2 N–H and O–H groups in total. The molecule has 5 nitrogen and oxygen atoms in total. The number of hydrogen-bond donors (Lipinski definition) is 1. The Morgan fingerprint density at radius 2 is 1.76 bits per heavy atom. The standard InChI is InChI=1S/C19H18N2O3S/c1-3-13(2)19-21-17(14-9-5-4-6-10-14)18(24-19)15-11-7-8-12-16(15)25(20,22)23/h3-13H,1H2,2H3,(H2,20,22,23). The highest BCUT2D eigenvalue weighted by molar-refractivity contribution is 7.89. The Balaban J connectivity index is 2.30. The van der Waals surface area contributed by atoms with Crippen LogP contribution < -0.4 is 5.14 Å². The fourth-order valence-electron chi connectivity index (χ4n) is 2.51. The van der Waals surface area contributed by atoms with E-state index in [4.69, 9.17) is 9.56 Å². The highest BCUT2D eigenvalue weighted by atomic mass is 32.2. The van der Waals surface area contributed by atoms with Crippen LogP contribution in [0.3, 0.4) is 0 Å². The highest BCUT2D eigenvalue weighted by Gasteiger charge is 2.24. The van der Waals surface area contributed by atoms with Crippen LogP contribution in [-0.2, 0) is 10.0 Å². The molecular formula is C19H18N2O3S. The van der Waals surface area contributed by atoms with Crippen molar-refractivity contribution in [1.82, 2.24) is 4.98 Å². The van der Waals surface area contributed by atoms with Gasteiger partial charge in [0.05, 0.1) is 10.8 Å². The molecule has 0 aliphatic rings. The summed E-state index contributed by atoms with van der Waals surface area (Å²) in [5, 5.41) is 5.37. The molecule has 0 radical (unpaired) electrons. The Morgan fingerprint density at radius 1 is 1.12 bits per heavy atom. The Labute approximate surface area is 146 Å². The molecule has 0 saturated heterocycles. The fraction of sp³-hybridized carbons (Fsp3) is 0.105. The molecule has 0 saturated carbocycles. The zero-order chi connectivity index (χ0) is 18.0. The molecule has 1 unspecified atom stereocenters. The SMILES string of the molecule is C=CC(C)c1nc(-c2ccccc2)c(-c2ccccc2S(N)(=O)=O)o1. The topological polar surface area (TPSA) is 86.2 Å². The molecule has 1 atom stereocenters. The first kappa shape index (κ1) is 17.1. The van der Waals surface area contributed by atoms with E-state index in [0.29, 0.717) is 22.9 Å². The first-order chi connectivity index (χ1) is 11.9. The summed E-state index contributed by atoms with van der Waals surface area (Å²) >= 11 is 0. The summed E-state index contributed by atoms with van der Waals surface area (Å²) in [5.41, 5.74) is 1.78. The predicted molar refractivity (Wildman–Crippen MR) is 97.4 cm³/mol. The van der Waals surface area contributed by atoms with E-state index in [-0.39, 0.29) is 10.8 Å². The number of oxazole rings is 1. The van der Waals surface area contributed by atoms with Gasteiger partial charge in [-0.3, -0.25) is 0 Å². The normalized spacial score (nSPS) is 12.7. The van der Waals surface area contributed by atoms with Crippen LogP contribution in [0.4, 0.5) is 0 Å². The Hall–Kier alpha value is -2.70. The lowest BCUT2D eigenvalue weighted by molar-refractivity contribution is 0.494. The van der Waals surface area contributed by atoms with E-state index < -0.39 is 10.0 Å². The van der Waals surface area contributed by atoms with Gasteiger partial charge >= 0.3 is 0 Å². The van der Waals surface area contributed by atoms with E-state index in [1.54, 1.807) is 24.3 Å². The van der Waals surface area contributed by atoms with Gasteiger partial charge in [0.25, 0.3) is 0 Å². The largest absolute Gasteiger partial charge is 0.439 e. The van der Waals surface area contributed by atoms with Crippen molar-refractivity contribution >= 4 is 10.0 Å². The van der Waals surface area contributed by atoms with Gasteiger partial charge in [-0.25, -0.2) is 18.5 Å². The number of sulfonamides is 1. The monoisotopic (exact) mass is 354 g/mol. The van der Waals surface area contributed by atoms with Crippen molar-refractivity contribution < 1.29 is 12.8 Å². The first-order valence-electron chi connectivity index (χ1n) is 7.72. The van der Waals surface area contributed by atoms with Crippen molar-refractivity contribution in [3.8, 4) is 22.6 Å². The van der Waals surface area contributed by atoms with Crippen LogP contribution >= 0.6 is 0 Å². The van der Waals surface area contributed by atoms with Crippen LogP contribution in [0.2, 0.25) is 0 Å². The number of allylic oxidation sites excluding steroid dienone is 1. The van der Waals surface area contributed by atoms with E-state index in [1.807, 2.05) is 37.3 Å². The quantitative estimate of drug-likeness (QED) is 0.703. The second-order valence-electron chi connectivity index (χ2n) is 5.66. The minimum absolute atomic E-state index is 0.00105. The van der Waals surface area contributed by atoms with Gasteiger partial charge in [0.15, 0.2) is 5.76 Å². The number of aromatic nitrogens is 1. The molecular weight excluding hydrogens is 336 g/mol. The maximum atomic E-state index is 12.0. The van der Waals surface area contributed by atoms with Crippen LogP contribution in [0.25, 0.3) is 22.6 Å². The molecule has 2 aromatic carbocycles. The molecule has 0 spiro atoms. The minimum Gasteiger partial charge on any atom is -0.439 e. The smallest absolute Gasteiger partial charge is 0.238 e. The van der Waals surface area contributed by atoms with Gasteiger partial charge in [-0.15, -0.1) is 6.58 Å². The molecule has 0 fully saturated rings. The molecule has 3 aromatic rings. The van der Waals surface area contributed by atoms with Gasteiger partial charge in [0.1, 0.15) is 5.69 Å². The average Bonchev–Trinajstić information content (AvgIpc) is 3.06. The molecule has 3 rings (SSSR count). The third kappa shape index (κ3) is 3.40. The molecule has 1 aromatic heterocycles. The molecule has 1 heterocycles. The van der Waals surface area contributed by atoms with Gasteiger partial charge < -0.3 is 4.42 Å². The average molecular weight is 354 g/mol. The minimum atomic E-state index is -3.91. The van der Waals surface area contributed by atoms with E-state index in [2.05, 4.69) is 11.6 Å². The molecule has 0 aliphatic carbocycles. The number of benzene rings is 2. The number of primary sulfonamides is 1. The Morgan fingerprint density at radius 3 is 2.40 bits per heavy atom. The number of rotatable bonds is 5. The third-order valence-electron chi connectivity index (χ3n) is 3.87. The number of nitrogens with two attached hydrogens (primary N) is 1. The fourth-order valence-corrected chi connectivity index (χ4v) is 3.24. The second kappa shape index (κ2) is 6.66. The summed E-state index contributed by atoms with van der Waals surface area (Å²) in [6, 6.07) is 15.9. The summed E-state index contributed by atoms with van der Waals surface area (Å²) in [6.07, 6.45) is 1.72. The van der Waals surface area contributed by atoms with E-state index in [1.165, 1.54) is 6.07 Å². The zero-order valence-electron chi connectivity index (χ0n) is 13.7. The number of hydrogen-bond acceptors (Lipinski definition) is 4. The van der Waals surface area contributed by atoms with Gasteiger partial charge in [-0.1, -0.05) is 55.5 Å². The predicted octanol–water partition coefficient (Wildman–Crippen LogP) is 3.95. The third-order valence-corrected chi connectivity index (χ3v) is 4.84. The molecule has 0 amide bonds. The molecule has 128 valence electrons. The number of nitrogens with zero attached hydrogens (tertiary/aromatic N) is 1. The Kier molecular flexibility index (Phi) is 4.57. The first-order valence-corrected chi connectivity index (χ1v) is 9.27. The lowest BCUT2D eigenvalue weighted by Gasteiger charge is -2.07. The lowest BCUT2D eigenvalue weighted by atomic mass is 10.1. The van der Waals surface area contributed by atoms with Crippen molar-refractivity contribution in [1.29, 1.82) is 0 Å². The van der Waals surface area contributed by atoms with Gasteiger partial charge in [-0.05, 0) is 12.1 Å². The van der Waals surface area contributed by atoms with Gasteiger partial charge in [0, 0.05) is 11.1 Å². The van der Waals surface area contributed by atoms with Crippen LogP contribution in [0.15, 0.2) is 76.6 Å². The lowest BCUT2D eigenvalue weighted by Crippen LogP contribution is -2.13. The Bertz CT molecular complexity index is 1010. The summed E-state index contributed by atoms with van der Waals surface area (Å²) < 4.78 is 29.9. The summed E-state index contributed by atoms with van der Waals surface area (Å²) in [6.45, 7) is 5.67. The zero-order valence-corrected chi connectivity index (χ0v) is 14.5. The van der Waals surface area contributed by atoms with E-state index in [9.17, 15) is 8.42 Å². The van der Waals surface area contributed by atoms with Crippen LogP contribution in [0, 0.1) is 0 Å². The van der Waals surface area contributed by atoms with Crippen molar-refractivity contribution in [2.45, 2.75) is 17.7 Å². The molecule has 6 heteroatoms. The van der Waals surface area contributed by atoms with Gasteiger partial charge in [-0.2, -0.15) is 0 Å². The molecule has 25 heavy (non-hydrogen) atoms. The van der Waals surface area contributed by atoms with Crippen molar-refractivity contribution in [3.05, 3.63) is 73.1 Å². The van der Waals surface area contributed by atoms with Crippen LogP contribution in [0.5, 0.6) is 0 Å². The molecule has 0 bridgehead atoms. The van der Waals surface area contributed by atoms with Crippen molar-refractivity contribution in [3.63, 3.8) is 0 Å². The van der Waals surface area contributed by atoms with Crippen LogP contribution in [0.1, 0.15) is 18.7 Å². The van der Waals surface area contributed by atoms with Crippen LogP contribution in [-0.4, -0.2) is 13.4 Å². The van der Waals surface area contributed by atoms with Crippen molar-refractivity contribution in [2.75, 3.05) is 0 Å². The summed E-state index contributed by atoms with van der Waals surface area (Å²) in [7, 11) is -3.91. The van der Waals surface area contributed by atoms with E-state index >= 15 is 0 Å². The summed E-state index contributed by atoms with van der Waals surface area (Å²) in [4.78, 5) is 4.58. The maximum absolute atomic E-state index is 12.0. The highest BCUT2D eigenvalue weighted by Crippen LogP contribution is 2.37.